The van der Waals surface area contributed by atoms with E-state index in [9.17, 15) is 5.11 Å². The van der Waals surface area contributed by atoms with Crippen molar-refractivity contribution in [2.24, 2.45) is 5.92 Å². The van der Waals surface area contributed by atoms with Crippen LogP contribution < -0.4 is 0 Å². The van der Waals surface area contributed by atoms with Crippen LogP contribution in [0.5, 0.6) is 0 Å². The summed E-state index contributed by atoms with van der Waals surface area (Å²) >= 11 is 0. The van der Waals surface area contributed by atoms with Gasteiger partial charge in [-0.25, -0.2) is 0 Å². The molecule has 11 heavy (non-hydrogen) atoms. The van der Waals surface area contributed by atoms with Crippen molar-refractivity contribution < 1.29 is 5.11 Å². The Morgan fingerprint density at radius 3 is 2.36 bits per heavy atom. The molecule has 2 aliphatic rings. The van der Waals surface area contributed by atoms with Crippen LogP contribution in [0.15, 0.2) is 0 Å². The van der Waals surface area contributed by atoms with E-state index in [1.165, 1.54) is 32.1 Å². The highest BCUT2D eigenvalue weighted by molar-refractivity contribution is 4.86. The zero-order chi connectivity index (χ0) is 7.73. The molecule has 0 saturated heterocycles. The maximum absolute atomic E-state index is 9.97. The average molecular weight is 154 g/mol. The van der Waals surface area contributed by atoms with Crippen LogP contribution in [0.1, 0.15) is 51.4 Å². The Morgan fingerprint density at radius 2 is 1.82 bits per heavy atom. The van der Waals surface area contributed by atoms with Crippen molar-refractivity contribution in [2.75, 3.05) is 0 Å². The van der Waals surface area contributed by atoms with E-state index in [0.717, 1.165) is 25.2 Å². The minimum Gasteiger partial charge on any atom is -0.390 e. The molecule has 0 radical (unpaired) electrons. The van der Waals surface area contributed by atoms with E-state index in [4.69, 9.17) is 0 Å². The SMILES string of the molecule is OC1(CCC2CC2)CCCC1. The Morgan fingerprint density at radius 1 is 1.18 bits per heavy atom. The van der Waals surface area contributed by atoms with Gasteiger partial charge in [0.15, 0.2) is 0 Å². The molecule has 1 N–H and O–H groups in total. The molecule has 0 heterocycles. The first-order valence-electron chi connectivity index (χ1n) is 5.01. The van der Waals surface area contributed by atoms with Crippen LogP contribution in [0, 0.1) is 5.92 Å². The molecule has 0 spiro atoms. The molecule has 0 aliphatic heterocycles. The van der Waals surface area contributed by atoms with Gasteiger partial charge in [-0.1, -0.05) is 25.7 Å². The largest absolute Gasteiger partial charge is 0.390 e. The van der Waals surface area contributed by atoms with E-state index in [1.54, 1.807) is 0 Å². The van der Waals surface area contributed by atoms with E-state index >= 15 is 0 Å². The van der Waals surface area contributed by atoms with Gasteiger partial charge in [0.2, 0.25) is 0 Å². The zero-order valence-corrected chi connectivity index (χ0v) is 7.18. The van der Waals surface area contributed by atoms with Crippen LogP contribution in [-0.4, -0.2) is 10.7 Å². The molecule has 0 bridgehead atoms. The lowest BCUT2D eigenvalue weighted by Crippen LogP contribution is -2.23. The summed E-state index contributed by atoms with van der Waals surface area (Å²) in [5.74, 6) is 0.986. The molecular weight excluding hydrogens is 136 g/mol. The van der Waals surface area contributed by atoms with Gasteiger partial charge in [-0.2, -0.15) is 0 Å². The van der Waals surface area contributed by atoms with E-state index in [1.807, 2.05) is 0 Å². The fourth-order valence-corrected chi connectivity index (χ4v) is 2.16. The van der Waals surface area contributed by atoms with Gasteiger partial charge in [-0.3, -0.25) is 0 Å². The summed E-state index contributed by atoms with van der Waals surface area (Å²) in [6, 6.07) is 0. The smallest absolute Gasteiger partial charge is 0.0648 e. The molecule has 0 aromatic rings. The molecule has 0 unspecified atom stereocenters. The molecule has 2 fully saturated rings. The third-order valence-electron chi connectivity index (χ3n) is 3.25. The average Bonchev–Trinajstić information content (AvgIpc) is 2.73. The molecule has 0 aromatic carbocycles. The Balaban J connectivity index is 1.73. The van der Waals surface area contributed by atoms with Gasteiger partial charge in [0.05, 0.1) is 5.60 Å². The first-order chi connectivity index (χ1) is 5.29. The molecule has 1 nitrogen and oxygen atoms in total. The second kappa shape index (κ2) is 2.78. The number of rotatable bonds is 3. The second-order valence-corrected chi connectivity index (χ2v) is 4.41. The van der Waals surface area contributed by atoms with Gasteiger partial charge in [0, 0.05) is 0 Å². The van der Waals surface area contributed by atoms with Gasteiger partial charge in [0.1, 0.15) is 0 Å². The topological polar surface area (TPSA) is 20.2 Å². The van der Waals surface area contributed by atoms with Crippen molar-refractivity contribution in [3.05, 3.63) is 0 Å². The van der Waals surface area contributed by atoms with E-state index in [-0.39, 0.29) is 5.60 Å². The highest BCUT2D eigenvalue weighted by Crippen LogP contribution is 2.39. The van der Waals surface area contributed by atoms with Crippen molar-refractivity contribution in [3.63, 3.8) is 0 Å². The third kappa shape index (κ3) is 1.96. The van der Waals surface area contributed by atoms with Crippen LogP contribution in [0.4, 0.5) is 0 Å². The highest BCUT2D eigenvalue weighted by atomic mass is 16.3. The Bertz CT molecular complexity index is 132. The minimum absolute atomic E-state index is 0.234. The summed E-state index contributed by atoms with van der Waals surface area (Å²) in [6.45, 7) is 0. The maximum atomic E-state index is 9.97. The summed E-state index contributed by atoms with van der Waals surface area (Å²) < 4.78 is 0. The summed E-state index contributed by atoms with van der Waals surface area (Å²) in [5.41, 5.74) is -0.234. The van der Waals surface area contributed by atoms with E-state index in [2.05, 4.69) is 0 Å². The Kier molecular flexibility index (Phi) is 1.92. The highest BCUT2D eigenvalue weighted by Gasteiger charge is 2.33. The van der Waals surface area contributed by atoms with Crippen LogP contribution in [0.25, 0.3) is 0 Å². The molecule has 1 heteroatoms. The van der Waals surface area contributed by atoms with Crippen LogP contribution in [0.2, 0.25) is 0 Å². The summed E-state index contributed by atoms with van der Waals surface area (Å²) in [7, 11) is 0. The zero-order valence-electron chi connectivity index (χ0n) is 7.18. The van der Waals surface area contributed by atoms with Gasteiger partial charge in [-0.15, -0.1) is 0 Å². The predicted molar refractivity (Wildman–Crippen MR) is 45.4 cm³/mol. The van der Waals surface area contributed by atoms with Crippen LogP contribution >= 0.6 is 0 Å². The standard InChI is InChI=1S/C10H18O/c11-10(6-1-2-7-10)8-5-9-3-4-9/h9,11H,1-8H2. The lowest BCUT2D eigenvalue weighted by atomic mass is 9.95. The lowest BCUT2D eigenvalue weighted by molar-refractivity contribution is 0.0353. The lowest BCUT2D eigenvalue weighted by Gasteiger charge is -2.21. The summed E-state index contributed by atoms with van der Waals surface area (Å²) in [6.07, 6.45) is 9.86. The normalized spacial score (nSPS) is 29.2. The molecule has 2 aliphatic carbocycles. The van der Waals surface area contributed by atoms with Crippen molar-refractivity contribution in [3.8, 4) is 0 Å². The van der Waals surface area contributed by atoms with Crippen LogP contribution in [-0.2, 0) is 0 Å². The number of hydrogen-bond donors (Lipinski definition) is 1. The van der Waals surface area contributed by atoms with Gasteiger partial charge < -0.3 is 5.11 Å². The fraction of sp³-hybridized carbons (Fsp3) is 1.00. The number of hydrogen-bond acceptors (Lipinski definition) is 1. The van der Waals surface area contributed by atoms with Crippen molar-refractivity contribution >= 4 is 0 Å². The van der Waals surface area contributed by atoms with Crippen molar-refractivity contribution in [2.45, 2.75) is 57.0 Å². The predicted octanol–water partition coefficient (Wildman–Crippen LogP) is 2.48. The molecule has 2 saturated carbocycles. The first-order valence-corrected chi connectivity index (χ1v) is 5.01. The van der Waals surface area contributed by atoms with Crippen molar-refractivity contribution in [1.82, 2.24) is 0 Å². The van der Waals surface area contributed by atoms with Gasteiger partial charge in [0.25, 0.3) is 0 Å². The molecule has 0 atom stereocenters. The first kappa shape index (κ1) is 7.60. The fourth-order valence-electron chi connectivity index (χ4n) is 2.16. The number of aliphatic hydroxyl groups is 1. The molecule has 0 aromatic heterocycles. The van der Waals surface area contributed by atoms with E-state index in [0.29, 0.717) is 0 Å². The Hall–Kier alpha value is -0.0400. The molecular formula is C10H18O. The minimum atomic E-state index is -0.234. The Labute approximate surface area is 68.8 Å². The molecule has 64 valence electrons. The quantitative estimate of drug-likeness (QED) is 0.662. The monoisotopic (exact) mass is 154 g/mol. The van der Waals surface area contributed by atoms with Crippen LogP contribution in [0.3, 0.4) is 0 Å². The van der Waals surface area contributed by atoms with Crippen molar-refractivity contribution in [1.29, 1.82) is 0 Å². The molecule has 0 amide bonds. The summed E-state index contributed by atoms with van der Waals surface area (Å²) in [4.78, 5) is 0. The summed E-state index contributed by atoms with van der Waals surface area (Å²) in [5, 5.41) is 9.97. The van der Waals surface area contributed by atoms with E-state index < -0.39 is 0 Å². The third-order valence-corrected chi connectivity index (χ3v) is 3.25. The maximum Gasteiger partial charge on any atom is 0.0648 e. The molecule has 2 rings (SSSR count). The second-order valence-electron chi connectivity index (χ2n) is 4.41. The van der Waals surface area contributed by atoms with Gasteiger partial charge >= 0.3 is 0 Å². The van der Waals surface area contributed by atoms with Gasteiger partial charge in [-0.05, 0) is 31.6 Å².